The number of halogens is 2. The molecule has 7 heteroatoms. The molecule has 1 atom stereocenters. The minimum Gasteiger partial charge on any atom is -0.385 e. The fourth-order valence-corrected chi connectivity index (χ4v) is 5.85. The third-order valence-electron chi connectivity index (χ3n) is 7.74. The van der Waals surface area contributed by atoms with E-state index >= 15 is 0 Å². The summed E-state index contributed by atoms with van der Waals surface area (Å²) in [7, 11) is 0. The molecule has 0 saturated heterocycles. The molecule has 1 amide bonds. The lowest BCUT2D eigenvalue weighted by Gasteiger charge is -2.46. The number of rotatable bonds is 5. The first kappa shape index (κ1) is 22.5. The molecular weight excluding hydrogens is 424 g/mol. The lowest BCUT2D eigenvalue weighted by atomic mass is 9.74. The monoisotopic (exact) mass is 457 g/mol. The van der Waals surface area contributed by atoms with E-state index in [1.165, 1.54) is 0 Å². The van der Waals surface area contributed by atoms with Gasteiger partial charge in [0, 0.05) is 53.6 Å². The lowest BCUT2D eigenvalue weighted by Crippen LogP contribution is -2.61. The van der Waals surface area contributed by atoms with Gasteiger partial charge in [-0.3, -0.25) is 9.48 Å². The van der Waals surface area contributed by atoms with Crippen LogP contribution in [0.5, 0.6) is 0 Å². The summed E-state index contributed by atoms with van der Waals surface area (Å²) in [5, 5.41) is 18.7. The number of carbonyl (C=O) groups excluding carboxylic acids is 1. The maximum atomic E-state index is 13.4. The third-order valence-corrected chi connectivity index (χ3v) is 7.74. The Bertz CT molecular complexity index is 1080. The molecule has 178 valence electrons. The Kier molecular flexibility index (Phi) is 5.20. The Labute approximate surface area is 193 Å². The van der Waals surface area contributed by atoms with Crippen molar-refractivity contribution in [3.8, 4) is 11.3 Å². The van der Waals surface area contributed by atoms with Gasteiger partial charge in [-0.2, -0.15) is 5.10 Å². The number of nitrogens with one attached hydrogen (secondary N) is 1. The average Bonchev–Trinajstić information content (AvgIpc) is 3.09. The molecule has 2 N–H and O–H groups in total. The Balaban J connectivity index is 1.41. The molecular formula is C26H33F2N3O2. The lowest BCUT2D eigenvalue weighted by molar-refractivity contribution is -0.146. The van der Waals surface area contributed by atoms with Crippen LogP contribution in [0.15, 0.2) is 24.3 Å². The van der Waals surface area contributed by atoms with Crippen molar-refractivity contribution in [1.82, 2.24) is 15.1 Å². The van der Waals surface area contributed by atoms with Gasteiger partial charge in [-0.1, -0.05) is 18.2 Å². The number of nitrogens with zero attached hydrogens (tertiary/aromatic N) is 2. The van der Waals surface area contributed by atoms with Crippen molar-refractivity contribution >= 4 is 5.91 Å². The first-order valence-corrected chi connectivity index (χ1v) is 12.1. The van der Waals surface area contributed by atoms with Crippen LogP contribution in [0.3, 0.4) is 0 Å². The highest BCUT2D eigenvalue weighted by Crippen LogP contribution is 2.46. The van der Waals surface area contributed by atoms with Crippen LogP contribution in [0.25, 0.3) is 11.3 Å². The van der Waals surface area contributed by atoms with Crippen LogP contribution in [0.4, 0.5) is 8.78 Å². The van der Waals surface area contributed by atoms with Crippen molar-refractivity contribution in [2.24, 2.45) is 5.92 Å². The minimum absolute atomic E-state index is 0.133. The predicted octanol–water partition coefficient (Wildman–Crippen LogP) is 4.91. The topological polar surface area (TPSA) is 67.1 Å². The second kappa shape index (κ2) is 7.62. The van der Waals surface area contributed by atoms with Crippen LogP contribution in [0, 0.1) is 5.92 Å². The van der Waals surface area contributed by atoms with Gasteiger partial charge < -0.3 is 10.4 Å². The fraction of sp³-hybridized carbons (Fsp3) is 0.615. The maximum Gasteiger partial charge on any atom is 0.252 e. The molecule has 5 nitrogen and oxygen atoms in total. The van der Waals surface area contributed by atoms with E-state index in [2.05, 4.69) is 25.2 Å². The van der Waals surface area contributed by atoms with Crippen molar-refractivity contribution in [2.45, 2.75) is 95.2 Å². The van der Waals surface area contributed by atoms with Gasteiger partial charge in [-0.15, -0.1) is 0 Å². The van der Waals surface area contributed by atoms with Gasteiger partial charge in [0.15, 0.2) is 0 Å². The first-order chi connectivity index (χ1) is 15.5. The highest BCUT2D eigenvalue weighted by Gasteiger charge is 2.54. The molecule has 5 rings (SSSR count). The number of hydrogen-bond acceptors (Lipinski definition) is 3. The normalized spacial score (nSPS) is 24.5. The number of alkyl halides is 2. The summed E-state index contributed by atoms with van der Waals surface area (Å²) in [4.78, 5) is 13.0. The molecule has 0 aliphatic heterocycles. The third kappa shape index (κ3) is 3.98. The molecule has 3 aliphatic carbocycles. The molecule has 1 aromatic carbocycles. The zero-order valence-corrected chi connectivity index (χ0v) is 19.6. The van der Waals surface area contributed by atoms with E-state index in [-0.39, 0.29) is 30.7 Å². The summed E-state index contributed by atoms with van der Waals surface area (Å²) in [6.45, 7) is 5.85. The molecule has 0 spiro atoms. The second-order valence-electron chi connectivity index (χ2n) is 11.0. The van der Waals surface area contributed by atoms with Gasteiger partial charge >= 0.3 is 0 Å². The quantitative estimate of drug-likeness (QED) is 0.670. The highest BCUT2D eigenvalue weighted by atomic mass is 19.3. The van der Waals surface area contributed by atoms with Crippen LogP contribution in [0.1, 0.15) is 82.2 Å². The van der Waals surface area contributed by atoms with Gasteiger partial charge in [-0.05, 0) is 64.5 Å². The smallest absolute Gasteiger partial charge is 0.252 e. The summed E-state index contributed by atoms with van der Waals surface area (Å²) in [6.07, 6.45) is 3.98. The maximum absolute atomic E-state index is 13.4. The number of carbonyl (C=O) groups is 1. The van der Waals surface area contributed by atoms with Gasteiger partial charge in [0.05, 0.1) is 11.3 Å². The van der Waals surface area contributed by atoms with Gasteiger partial charge in [0.25, 0.3) is 5.92 Å². The molecule has 1 heterocycles. The van der Waals surface area contributed by atoms with E-state index in [1.807, 2.05) is 22.9 Å². The Morgan fingerprint density at radius 3 is 2.61 bits per heavy atom. The number of aliphatic hydroxyl groups is 1. The Hall–Kier alpha value is -2.28. The van der Waals surface area contributed by atoms with Crippen molar-refractivity contribution in [3.63, 3.8) is 0 Å². The highest BCUT2D eigenvalue weighted by molar-refractivity contribution is 5.80. The van der Waals surface area contributed by atoms with E-state index in [0.29, 0.717) is 12.8 Å². The molecule has 2 saturated carbocycles. The van der Waals surface area contributed by atoms with Crippen LogP contribution in [-0.4, -0.2) is 32.3 Å². The average molecular weight is 458 g/mol. The van der Waals surface area contributed by atoms with E-state index in [9.17, 15) is 18.7 Å². The second-order valence-corrected chi connectivity index (χ2v) is 11.0. The standard InChI is InChI=1S/C26H33F2N3O2/c1-16(2)31-21-13-18(23(32)29-24(3)14-26(27,28)15-24)8-9-20(21)22(30-31)17-6-4-7-19(12-17)25(33)10-5-11-25/h4,6-7,12,16,18,33H,5,8-11,13-15H2,1-3H3,(H,29,32). The van der Waals surface area contributed by atoms with Crippen molar-refractivity contribution in [1.29, 1.82) is 0 Å². The Morgan fingerprint density at radius 1 is 1.27 bits per heavy atom. The number of benzene rings is 1. The zero-order chi connectivity index (χ0) is 23.6. The SMILES string of the molecule is CC(C)n1nc(-c2cccc(C3(O)CCC3)c2)c2c1CC(C(=O)NC1(C)CC(F)(F)C1)CC2. The fourth-order valence-electron chi connectivity index (χ4n) is 5.85. The van der Waals surface area contributed by atoms with Gasteiger partial charge in [0.2, 0.25) is 5.91 Å². The van der Waals surface area contributed by atoms with Crippen LogP contribution < -0.4 is 5.32 Å². The summed E-state index contributed by atoms with van der Waals surface area (Å²) in [6, 6.07) is 8.20. The molecule has 3 aliphatic rings. The van der Waals surface area contributed by atoms with Crippen molar-refractivity contribution in [3.05, 3.63) is 41.1 Å². The molecule has 1 aromatic heterocycles. The van der Waals surface area contributed by atoms with Gasteiger partial charge in [0.1, 0.15) is 0 Å². The van der Waals surface area contributed by atoms with Crippen molar-refractivity contribution < 1.29 is 18.7 Å². The minimum atomic E-state index is -2.67. The van der Waals surface area contributed by atoms with Crippen LogP contribution in [0.2, 0.25) is 0 Å². The summed E-state index contributed by atoms with van der Waals surface area (Å²) in [5.74, 6) is -3.05. The first-order valence-electron chi connectivity index (χ1n) is 12.1. The molecule has 2 fully saturated rings. The van der Waals surface area contributed by atoms with E-state index < -0.39 is 17.1 Å². The number of hydrogen-bond donors (Lipinski definition) is 2. The summed E-state index contributed by atoms with van der Waals surface area (Å²) in [5.41, 5.74) is 3.54. The van der Waals surface area contributed by atoms with Crippen LogP contribution >= 0.6 is 0 Å². The number of amides is 1. The van der Waals surface area contributed by atoms with E-state index in [1.54, 1.807) is 6.92 Å². The summed E-state index contributed by atoms with van der Waals surface area (Å²) < 4.78 is 28.8. The number of aromatic nitrogens is 2. The predicted molar refractivity (Wildman–Crippen MR) is 122 cm³/mol. The molecule has 33 heavy (non-hydrogen) atoms. The van der Waals surface area contributed by atoms with Crippen molar-refractivity contribution in [2.75, 3.05) is 0 Å². The molecule has 2 aromatic rings. The van der Waals surface area contributed by atoms with Crippen LogP contribution in [-0.2, 0) is 23.2 Å². The largest absolute Gasteiger partial charge is 0.385 e. The Morgan fingerprint density at radius 2 is 2.00 bits per heavy atom. The molecule has 1 unspecified atom stereocenters. The molecule has 0 bridgehead atoms. The van der Waals surface area contributed by atoms with E-state index in [0.717, 1.165) is 53.8 Å². The number of fused-ring (bicyclic) bond motifs is 1. The molecule has 0 radical (unpaired) electrons. The van der Waals surface area contributed by atoms with Gasteiger partial charge in [-0.25, -0.2) is 8.78 Å². The van der Waals surface area contributed by atoms with E-state index in [4.69, 9.17) is 5.10 Å². The summed E-state index contributed by atoms with van der Waals surface area (Å²) >= 11 is 0. The zero-order valence-electron chi connectivity index (χ0n) is 19.6.